The lowest BCUT2D eigenvalue weighted by Gasteiger charge is -2.30. The predicted molar refractivity (Wildman–Crippen MR) is 74.3 cm³/mol. The number of hydrogen-bond donors (Lipinski definition) is 1. The van der Waals surface area contributed by atoms with E-state index >= 15 is 0 Å². The molecule has 1 unspecified atom stereocenters. The van der Waals surface area contributed by atoms with E-state index in [1.54, 1.807) is 11.8 Å². The molecule has 0 saturated heterocycles. The normalized spacial score (nSPS) is 26.8. The van der Waals surface area contributed by atoms with Crippen molar-refractivity contribution in [1.82, 2.24) is 0 Å². The number of benzene rings is 1. The third kappa shape index (κ3) is 3.05. The molecule has 1 nitrogen and oxygen atoms in total. The minimum Gasteiger partial charge on any atom is -0.388 e. The van der Waals surface area contributed by atoms with Crippen LogP contribution in [0.3, 0.4) is 0 Å². The second kappa shape index (κ2) is 5.92. The fraction of sp³-hybridized carbons (Fsp3) is 0.600. The topological polar surface area (TPSA) is 20.2 Å². The monoisotopic (exact) mass is 250 g/mol. The van der Waals surface area contributed by atoms with Crippen molar-refractivity contribution in [3.05, 3.63) is 29.8 Å². The fourth-order valence-corrected chi connectivity index (χ4v) is 3.41. The number of aliphatic hydroxyl groups excluding tert-OH is 1. The van der Waals surface area contributed by atoms with Crippen LogP contribution in [0.1, 0.15) is 44.3 Å². The molecule has 1 aromatic carbocycles. The summed E-state index contributed by atoms with van der Waals surface area (Å²) < 4.78 is 0. The number of rotatable bonds is 3. The summed E-state index contributed by atoms with van der Waals surface area (Å²) in [6.07, 6.45) is 6.68. The van der Waals surface area contributed by atoms with Crippen LogP contribution >= 0.6 is 11.8 Å². The summed E-state index contributed by atoms with van der Waals surface area (Å²) in [5, 5.41) is 10.5. The highest BCUT2D eigenvalue weighted by Gasteiger charge is 2.26. The average molecular weight is 250 g/mol. The van der Waals surface area contributed by atoms with Crippen LogP contribution in [-0.2, 0) is 0 Å². The number of aliphatic hydroxyl groups is 1. The molecule has 1 fully saturated rings. The van der Waals surface area contributed by atoms with Crippen molar-refractivity contribution in [2.24, 2.45) is 11.8 Å². The van der Waals surface area contributed by atoms with E-state index in [4.69, 9.17) is 0 Å². The van der Waals surface area contributed by atoms with Gasteiger partial charge in [0, 0.05) is 4.90 Å². The third-order valence-corrected chi connectivity index (χ3v) is 4.78. The van der Waals surface area contributed by atoms with E-state index in [1.165, 1.54) is 30.6 Å². The highest BCUT2D eigenvalue weighted by molar-refractivity contribution is 7.98. The summed E-state index contributed by atoms with van der Waals surface area (Å²) in [6, 6.07) is 8.26. The minimum absolute atomic E-state index is 0.272. The highest BCUT2D eigenvalue weighted by Crippen LogP contribution is 2.39. The van der Waals surface area contributed by atoms with E-state index in [-0.39, 0.29) is 6.10 Å². The van der Waals surface area contributed by atoms with Gasteiger partial charge in [-0.1, -0.05) is 38.0 Å². The summed E-state index contributed by atoms with van der Waals surface area (Å²) in [6.45, 7) is 2.32. The van der Waals surface area contributed by atoms with E-state index in [2.05, 4.69) is 25.3 Å². The minimum atomic E-state index is -0.272. The van der Waals surface area contributed by atoms with Gasteiger partial charge >= 0.3 is 0 Å². The van der Waals surface area contributed by atoms with Crippen LogP contribution in [0.2, 0.25) is 0 Å². The maximum Gasteiger partial charge on any atom is 0.0828 e. The van der Waals surface area contributed by atoms with E-state index in [0.717, 1.165) is 11.5 Å². The largest absolute Gasteiger partial charge is 0.388 e. The maximum atomic E-state index is 10.5. The summed E-state index contributed by atoms with van der Waals surface area (Å²) >= 11 is 1.73. The molecule has 94 valence electrons. The lowest BCUT2D eigenvalue weighted by molar-refractivity contribution is 0.0735. The van der Waals surface area contributed by atoms with Crippen molar-refractivity contribution in [3.63, 3.8) is 0 Å². The summed E-state index contributed by atoms with van der Waals surface area (Å²) in [5.41, 5.74) is 1.12. The quantitative estimate of drug-likeness (QED) is 0.808. The van der Waals surface area contributed by atoms with Gasteiger partial charge in [0.15, 0.2) is 0 Å². The van der Waals surface area contributed by atoms with Gasteiger partial charge in [-0.15, -0.1) is 11.8 Å². The zero-order valence-electron chi connectivity index (χ0n) is 10.7. The van der Waals surface area contributed by atoms with Crippen molar-refractivity contribution in [2.45, 2.75) is 43.6 Å². The van der Waals surface area contributed by atoms with E-state index in [0.29, 0.717) is 5.92 Å². The molecule has 17 heavy (non-hydrogen) atoms. The van der Waals surface area contributed by atoms with Crippen LogP contribution in [0.5, 0.6) is 0 Å². The summed E-state index contributed by atoms with van der Waals surface area (Å²) in [4.78, 5) is 1.22. The van der Waals surface area contributed by atoms with E-state index in [9.17, 15) is 5.11 Å². The zero-order valence-corrected chi connectivity index (χ0v) is 11.5. The Hall–Kier alpha value is -0.470. The molecule has 0 radical (unpaired) electrons. The Morgan fingerprint density at radius 1 is 1.18 bits per heavy atom. The Morgan fingerprint density at radius 3 is 2.47 bits per heavy atom. The van der Waals surface area contributed by atoms with Gasteiger partial charge in [-0.2, -0.15) is 0 Å². The molecule has 1 aliphatic carbocycles. The molecule has 2 rings (SSSR count). The summed E-state index contributed by atoms with van der Waals surface area (Å²) in [5.74, 6) is 1.30. The molecule has 2 heteroatoms. The molecular formula is C15H22OS. The molecule has 1 aliphatic rings. The number of thioether (sulfide) groups is 1. The second-order valence-corrected chi connectivity index (χ2v) is 6.05. The standard InChI is InChI=1S/C15H22OS/c1-11-7-9-12(10-8-11)15(16)13-5-3-4-6-14(13)17-2/h3-6,11-12,15-16H,7-10H2,1-2H3. The Bertz CT molecular complexity index is 356. The number of hydrogen-bond acceptors (Lipinski definition) is 2. The average Bonchev–Trinajstić information content (AvgIpc) is 2.39. The lowest BCUT2D eigenvalue weighted by atomic mass is 9.78. The molecule has 1 saturated carbocycles. The first kappa shape index (κ1) is 13.0. The van der Waals surface area contributed by atoms with Gasteiger partial charge in [0.25, 0.3) is 0 Å². The molecule has 1 N–H and O–H groups in total. The van der Waals surface area contributed by atoms with Crippen molar-refractivity contribution < 1.29 is 5.11 Å². The molecule has 0 aliphatic heterocycles. The van der Waals surface area contributed by atoms with Gasteiger partial charge in [-0.3, -0.25) is 0 Å². The Morgan fingerprint density at radius 2 is 1.82 bits per heavy atom. The van der Waals surface area contributed by atoms with Crippen LogP contribution in [0.15, 0.2) is 29.2 Å². The molecule has 0 amide bonds. The van der Waals surface area contributed by atoms with Crippen molar-refractivity contribution in [3.8, 4) is 0 Å². The van der Waals surface area contributed by atoms with Crippen molar-refractivity contribution in [2.75, 3.05) is 6.26 Å². The molecule has 1 atom stereocenters. The van der Waals surface area contributed by atoms with Crippen LogP contribution in [0.25, 0.3) is 0 Å². The van der Waals surface area contributed by atoms with Gasteiger partial charge in [-0.05, 0) is 42.6 Å². The third-order valence-electron chi connectivity index (χ3n) is 3.96. The van der Waals surface area contributed by atoms with Gasteiger partial charge in [0.05, 0.1) is 6.10 Å². The van der Waals surface area contributed by atoms with Crippen LogP contribution in [-0.4, -0.2) is 11.4 Å². The van der Waals surface area contributed by atoms with Gasteiger partial charge in [0.2, 0.25) is 0 Å². The molecule has 0 spiro atoms. The second-order valence-electron chi connectivity index (χ2n) is 5.21. The maximum absolute atomic E-state index is 10.5. The summed E-state index contributed by atoms with van der Waals surface area (Å²) in [7, 11) is 0. The molecular weight excluding hydrogens is 228 g/mol. The molecule has 0 bridgehead atoms. The molecule has 1 aromatic rings. The Balaban J connectivity index is 2.10. The van der Waals surface area contributed by atoms with E-state index in [1.807, 2.05) is 12.1 Å². The van der Waals surface area contributed by atoms with Crippen molar-refractivity contribution >= 4 is 11.8 Å². The van der Waals surface area contributed by atoms with Crippen LogP contribution < -0.4 is 0 Å². The van der Waals surface area contributed by atoms with Crippen LogP contribution in [0, 0.1) is 11.8 Å². The SMILES string of the molecule is CSc1ccccc1C(O)C1CCC(C)CC1. The van der Waals surface area contributed by atoms with Crippen LogP contribution in [0.4, 0.5) is 0 Å². The fourth-order valence-electron chi connectivity index (χ4n) is 2.77. The van der Waals surface area contributed by atoms with Gasteiger partial charge in [-0.25, -0.2) is 0 Å². The molecule has 0 heterocycles. The first-order valence-electron chi connectivity index (χ1n) is 6.53. The first-order chi connectivity index (χ1) is 8.22. The Labute approximate surface area is 109 Å². The van der Waals surface area contributed by atoms with Gasteiger partial charge < -0.3 is 5.11 Å². The lowest BCUT2D eigenvalue weighted by Crippen LogP contribution is -2.19. The van der Waals surface area contributed by atoms with Crippen molar-refractivity contribution in [1.29, 1.82) is 0 Å². The first-order valence-corrected chi connectivity index (χ1v) is 7.76. The highest BCUT2D eigenvalue weighted by atomic mass is 32.2. The van der Waals surface area contributed by atoms with Gasteiger partial charge in [0.1, 0.15) is 0 Å². The molecule has 0 aromatic heterocycles. The van der Waals surface area contributed by atoms with E-state index < -0.39 is 0 Å². The zero-order chi connectivity index (χ0) is 12.3. The Kier molecular flexibility index (Phi) is 4.52. The predicted octanol–water partition coefficient (Wildman–Crippen LogP) is 4.27. The smallest absolute Gasteiger partial charge is 0.0828 e.